The number of hydrogen-bond donors (Lipinski definition) is 0. The molecule has 1 aromatic rings. The molecule has 4 nitrogen and oxygen atoms in total. The van der Waals surface area contributed by atoms with Gasteiger partial charge >= 0.3 is 6.09 Å². The number of carbonyl (C=O) groups excluding carboxylic acids is 2. The quantitative estimate of drug-likeness (QED) is 0.785. The van der Waals surface area contributed by atoms with Crippen LogP contribution in [0.3, 0.4) is 0 Å². The SMILES string of the molecule is Cc1cc(C(=O)C2CCN(C(=O)OC(C)(C)C)C2)cs1. The minimum absolute atomic E-state index is 0.100. The van der Waals surface area contributed by atoms with Crippen LogP contribution in [0.15, 0.2) is 11.4 Å². The summed E-state index contributed by atoms with van der Waals surface area (Å²) in [6.45, 7) is 8.58. The van der Waals surface area contributed by atoms with Gasteiger partial charge in [0.05, 0.1) is 0 Å². The summed E-state index contributed by atoms with van der Waals surface area (Å²) in [6, 6.07) is 1.92. The molecule has 1 atom stereocenters. The summed E-state index contributed by atoms with van der Waals surface area (Å²) in [5, 5.41) is 1.90. The number of ketones is 1. The summed E-state index contributed by atoms with van der Waals surface area (Å²) in [5.41, 5.74) is 0.271. The minimum atomic E-state index is -0.496. The molecule has 1 fully saturated rings. The lowest BCUT2D eigenvalue weighted by Crippen LogP contribution is -2.35. The third-order valence-corrected chi connectivity index (χ3v) is 4.09. The molecule has 2 rings (SSSR count). The number of ether oxygens (including phenoxy) is 1. The van der Waals surface area contributed by atoms with E-state index in [1.807, 2.05) is 39.1 Å². The molecule has 0 bridgehead atoms. The number of thiophene rings is 1. The lowest BCUT2D eigenvalue weighted by molar-refractivity contribution is 0.0289. The lowest BCUT2D eigenvalue weighted by atomic mass is 9.99. The first-order chi connectivity index (χ1) is 9.26. The van der Waals surface area contributed by atoms with Crippen LogP contribution in [0.4, 0.5) is 4.79 Å². The van der Waals surface area contributed by atoms with Crippen molar-refractivity contribution in [3.8, 4) is 0 Å². The van der Waals surface area contributed by atoms with Gasteiger partial charge in [-0.3, -0.25) is 4.79 Å². The summed E-state index contributed by atoms with van der Waals surface area (Å²) in [4.78, 5) is 27.1. The molecule has 0 aromatic carbocycles. The van der Waals surface area contributed by atoms with Crippen LogP contribution in [-0.2, 0) is 4.74 Å². The van der Waals surface area contributed by atoms with Gasteiger partial charge in [-0.25, -0.2) is 4.79 Å². The molecule has 20 heavy (non-hydrogen) atoms. The van der Waals surface area contributed by atoms with E-state index in [-0.39, 0.29) is 17.8 Å². The van der Waals surface area contributed by atoms with Crippen molar-refractivity contribution in [1.82, 2.24) is 4.90 Å². The molecule has 1 aromatic heterocycles. The zero-order valence-electron chi connectivity index (χ0n) is 12.4. The second-order valence-corrected chi connectivity index (χ2v) is 7.34. The Morgan fingerprint density at radius 3 is 2.65 bits per heavy atom. The molecule has 0 saturated carbocycles. The Morgan fingerprint density at radius 2 is 2.10 bits per heavy atom. The Labute approximate surface area is 123 Å². The highest BCUT2D eigenvalue weighted by atomic mass is 32.1. The zero-order valence-corrected chi connectivity index (χ0v) is 13.3. The maximum absolute atomic E-state index is 12.3. The summed E-state index contributed by atoms with van der Waals surface area (Å²) < 4.78 is 5.34. The lowest BCUT2D eigenvalue weighted by Gasteiger charge is -2.24. The molecular formula is C15H21NO3S. The smallest absolute Gasteiger partial charge is 0.410 e. The average molecular weight is 295 g/mol. The van der Waals surface area contributed by atoms with E-state index >= 15 is 0 Å². The number of aryl methyl sites for hydroxylation is 1. The number of nitrogens with zero attached hydrogens (tertiary/aromatic N) is 1. The molecule has 1 aliphatic rings. The molecule has 5 heteroatoms. The molecular weight excluding hydrogens is 274 g/mol. The highest BCUT2D eigenvalue weighted by Crippen LogP contribution is 2.25. The third kappa shape index (κ3) is 3.60. The molecule has 110 valence electrons. The Hall–Kier alpha value is -1.36. The fourth-order valence-electron chi connectivity index (χ4n) is 2.27. The first-order valence-electron chi connectivity index (χ1n) is 6.83. The van der Waals surface area contributed by atoms with E-state index in [9.17, 15) is 9.59 Å². The molecule has 1 saturated heterocycles. The molecule has 1 amide bonds. The van der Waals surface area contributed by atoms with Crippen LogP contribution in [-0.4, -0.2) is 35.5 Å². The molecule has 2 heterocycles. The van der Waals surface area contributed by atoms with Crippen LogP contribution >= 0.6 is 11.3 Å². The van der Waals surface area contributed by atoms with E-state index in [1.165, 1.54) is 0 Å². The number of carbonyl (C=O) groups is 2. The van der Waals surface area contributed by atoms with Crippen LogP contribution in [0, 0.1) is 12.8 Å². The first-order valence-corrected chi connectivity index (χ1v) is 7.71. The Bertz CT molecular complexity index is 515. The number of Topliss-reactive ketones (excluding diaryl/α,β-unsaturated/α-hetero) is 1. The van der Waals surface area contributed by atoms with Gasteiger partial charge in [-0.15, -0.1) is 11.3 Å². The fourth-order valence-corrected chi connectivity index (χ4v) is 2.97. The average Bonchev–Trinajstić information content (AvgIpc) is 2.94. The molecule has 1 aliphatic heterocycles. The number of rotatable bonds is 2. The monoisotopic (exact) mass is 295 g/mol. The van der Waals surface area contributed by atoms with Crippen molar-refractivity contribution in [1.29, 1.82) is 0 Å². The van der Waals surface area contributed by atoms with Crippen molar-refractivity contribution in [2.75, 3.05) is 13.1 Å². The summed E-state index contributed by atoms with van der Waals surface area (Å²) in [5.74, 6) is 0.0388. The van der Waals surface area contributed by atoms with Crippen molar-refractivity contribution in [2.24, 2.45) is 5.92 Å². The molecule has 0 spiro atoms. The Kier molecular flexibility index (Phi) is 4.18. The third-order valence-electron chi connectivity index (χ3n) is 3.23. The predicted octanol–water partition coefficient (Wildman–Crippen LogP) is 3.50. The standard InChI is InChI=1S/C15H21NO3S/c1-10-7-12(9-20-10)13(17)11-5-6-16(8-11)14(18)19-15(2,3)4/h7,9,11H,5-6,8H2,1-4H3. The highest BCUT2D eigenvalue weighted by molar-refractivity contribution is 7.10. The van der Waals surface area contributed by atoms with E-state index in [0.29, 0.717) is 19.5 Å². The Morgan fingerprint density at radius 1 is 1.40 bits per heavy atom. The van der Waals surface area contributed by atoms with Crippen LogP contribution in [0.1, 0.15) is 42.4 Å². The second kappa shape index (κ2) is 5.56. The summed E-state index contributed by atoms with van der Waals surface area (Å²) in [7, 11) is 0. The molecule has 0 N–H and O–H groups in total. The maximum atomic E-state index is 12.3. The molecule has 1 unspecified atom stereocenters. The maximum Gasteiger partial charge on any atom is 0.410 e. The number of amides is 1. The van der Waals surface area contributed by atoms with Gasteiger partial charge in [-0.05, 0) is 40.2 Å². The van der Waals surface area contributed by atoms with Crippen LogP contribution in [0.2, 0.25) is 0 Å². The van der Waals surface area contributed by atoms with Crippen molar-refractivity contribution in [2.45, 2.75) is 39.7 Å². The largest absolute Gasteiger partial charge is 0.444 e. The van der Waals surface area contributed by atoms with E-state index in [4.69, 9.17) is 4.74 Å². The zero-order chi connectivity index (χ0) is 14.9. The predicted molar refractivity (Wildman–Crippen MR) is 79.3 cm³/mol. The van der Waals surface area contributed by atoms with Crippen LogP contribution < -0.4 is 0 Å². The van der Waals surface area contributed by atoms with Crippen LogP contribution in [0.5, 0.6) is 0 Å². The normalized spacial score (nSPS) is 19.2. The van der Waals surface area contributed by atoms with Gasteiger partial charge in [0.1, 0.15) is 5.60 Å². The Balaban J connectivity index is 1.95. The van der Waals surface area contributed by atoms with Crippen molar-refractivity contribution >= 4 is 23.2 Å². The first kappa shape index (κ1) is 15.0. The topological polar surface area (TPSA) is 46.6 Å². The number of likely N-dealkylation sites (tertiary alicyclic amines) is 1. The van der Waals surface area contributed by atoms with Gasteiger partial charge in [0.2, 0.25) is 0 Å². The van der Waals surface area contributed by atoms with E-state index < -0.39 is 5.60 Å². The van der Waals surface area contributed by atoms with Crippen LogP contribution in [0.25, 0.3) is 0 Å². The minimum Gasteiger partial charge on any atom is -0.444 e. The van der Waals surface area contributed by atoms with Gasteiger partial charge in [0.15, 0.2) is 5.78 Å². The fraction of sp³-hybridized carbons (Fsp3) is 0.600. The van der Waals surface area contributed by atoms with Crippen molar-refractivity contribution < 1.29 is 14.3 Å². The summed E-state index contributed by atoms with van der Waals surface area (Å²) in [6.07, 6.45) is 0.391. The second-order valence-electron chi connectivity index (χ2n) is 6.22. The molecule has 0 aliphatic carbocycles. The van der Waals surface area contributed by atoms with Gasteiger partial charge in [0, 0.05) is 34.8 Å². The highest BCUT2D eigenvalue weighted by Gasteiger charge is 2.33. The van der Waals surface area contributed by atoms with Gasteiger partial charge in [-0.1, -0.05) is 0 Å². The van der Waals surface area contributed by atoms with E-state index in [1.54, 1.807) is 16.2 Å². The van der Waals surface area contributed by atoms with E-state index in [2.05, 4.69) is 0 Å². The van der Waals surface area contributed by atoms with Gasteiger partial charge < -0.3 is 9.64 Å². The van der Waals surface area contributed by atoms with Crippen molar-refractivity contribution in [3.05, 3.63) is 21.9 Å². The van der Waals surface area contributed by atoms with Gasteiger partial charge in [-0.2, -0.15) is 0 Å². The summed E-state index contributed by atoms with van der Waals surface area (Å²) >= 11 is 1.58. The van der Waals surface area contributed by atoms with E-state index in [0.717, 1.165) is 10.4 Å². The van der Waals surface area contributed by atoms with Crippen molar-refractivity contribution in [3.63, 3.8) is 0 Å². The number of hydrogen-bond acceptors (Lipinski definition) is 4. The van der Waals surface area contributed by atoms with Gasteiger partial charge in [0.25, 0.3) is 0 Å². The molecule has 0 radical (unpaired) electrons.